The molecule has 0 saturated heterocycles. The van der Waals surface area contributed by atoms with Gasteiger partial charge in [-0.3, -0.25) is 0 Å². The third-order valence-corrected chi connectivity index (χ3v) is 5.62. The molecule has 4 aromatic rings. The standard InChI is InChI=1S/C27H22N2/c1-5-13-22(14-6-1)26-21-27(23-15-7-2-8-16-23,24-17-9-3-10-18-24)29(28-26)25-19-11-4-12-20-25/h1-20H,21H2. The van der Waals surface area contributed by atoms with Crippen molar-refractivity contribution in [3.63, 3.8) is 0 Å². The van der Waals surface area contributed by atoms with Gasteiger partial charge in [-0.1, -0.05) is 109 Å². The average molecular weight is 374 g/mol. The van der Waals surface area contributed by atoms with Crippen molar-refractivity contribution in [2.24, 2.45) is 5.10 Å². The lowest BCUT2D eigenvalue weighted by atomic mass is 9.78. The molecule has 0 N–H and O–H groups in total. The Kier molecular flexibility index (Phi) is 4.45. The molecule has 1 aliphatic rings. The van der Waals surface area contributed by atoms with Crippen LogP contribution in [0.15, 0.2) is 126 Å². The van der Waals surface area contributed by atoms with E-state index in [1.165, 1.54) is 16.7 Å². The Hall–Kier alpha value is -3.65. The molecule has 0 aromatic heterocycles. The van der Waals surface area contributed by atoms with E-state index in [-0.39, 0.29) is 0 Å². The van der Waals surface area contributed by atoms with E-state index in [4.69, 9.17) is 5.10 Å². The van der Waals surface area contributed by atoms with Crippen LogP contribution in [0.2, 0.25) is 0 Å². The fourth-order valence-corrected chi connectivity index (χ4v) is 4.24. The van der Waals surface area contributed by atoms with Gasteiger partial charge in [0.05, 0.1) is 11.4 Å². The van der Waals surface area contributed by atoms with E-state index in [0.29, 0.717) is 0 Å². The summed E-state index contributed by atoms with van der Waals surface area (Å²) in [4.78, 5) is 0. The van der Waals surface area contributed by atoms with Gasteiger partial charge >= 0.3 is 0 Å². The molecule has 0 radical (unpaired) electrons. The monoisotopic (exact) mass is 374 g/mol. The van der Waals surface area contributed by atoms with Crippen molar-refractivity contribution >= 4 is 11.4 Å². The molecule has 5 rings (SSSR count). The zero-order chi connectivity index (χ0) is 19.5. The lowest BCUT2D eigenvalue weighted by Gasteiger charge is -2.39. The minimum atomic E-state index is -0.394. The van der Waals surface area contributed by atoms with E-state index in [1.54, 1.807) is 0 Å². The molecule has 4 aromatic carbocycles. The van der Waals surface area contributed by atoms with E-state index < -0.39 is 5.54 Å². The summed E-state index contributed by atoms with van der Waals surface area (Å²) in [5.74, 6) is 0. The average Bonchev–Trinajstić information content (AvgIpc) is 3.23. The summed E-state index contributed by atoms with van der Waals surface area (Å²) in [7, 11) is 0. The highest BCUT2D eigenvalue weighted by Crippen LogP contribution is 2.46. The molecular weight excluding hydrogens is 352 g/mol. The molecule has 0 amide bonds. The number of nitrogens with zero attached hydrogens (tertiary/aromatic N) is 2. The molecule has 2 nitrogen and oxygen atoms in total. The van der Waals surface area contributed by atoms with E-state index in [9.17, 15) is 0 Å². The first-order chi connectivity index (χ1) is 14.4. The summed E-state index contributed by atoms with van der Waals surface area (Å²) in [5.41, 5.74) is 5.44. The fraction of sp³-hybridized carbons (Fsp3) is 0.0741. The highest BCUT2D eigenvalue weighted by atomic mass is 15.5. The predicted molar refractivity (Wildman–Crippen MR) is 120 cm³/mol. The molecule has 1 heterocycles. The van der Waals surface area contributed by atoms with Crippen LogP contribution in [0.1, 0.15) is 23.1 Å². The molecule has 0 spiro atoms. The normalized spacial score (nSPS) is 15.2. The van der Waals surface area contributed by atoms with Crippen LogP contribution in [0.4, 0.5) is 5.69 Å². The predicted octanol–water partition coefficient (Wildman–Crippen LogP) is 6.24. The van der Waals surface area contributed by atoms with Crippen molar-refractivity contribution in [1.82, 2.24) is 0 Å². The van der Waals surface area contributed by atoms with Crippen LogP contribution in [0.25, 0.3) is 0 Å². The van der Waals surface area contributed by atoms with Gasteiger partial charge in [-0.2, -0.15) is 5.10 Å². The third kappa shape index (κ3) is 3.03. The number of hydrazone groups is 1. The van der Waals surface area contributed by atoms with E-state index in [2.05, 4.69) is 120 Å². The Bertz CT molecular complexity index is 1060. The molecule has 140 valence electrons. The quantitative estimate of drug-likeness (QED) is 0.412. The Balaban J connectivity index is 1.76. The topological polar surface area (TPSA) is 15.6 Å². The molecule has 0 unspecified atom stereocenters. The molecule has 0 saturated carbocycles. The van der Waals surface area contributed by atoms with Crippen molar-refractivity contribution < 1.29 is 0 Å². The molecule has 2 heteroatoms. The van der Waals surface area contributed by atoms with Gasteiger partial charge in [-0.05, 0) is 28.8 Å². The molecule has 0 aliphatic carbocycles. The van der Waals surface area contributed by atoms with Gasteiger partial charge in [0.2, 0.25) is 0 Å². The summed E-state index contributed by atoms with van der Waals surface area (Å²) < 4.78 is 0. The van der Waals surface area contributed by atoms with E-state index in [0.717, 1.165) is 17.8 Å². The van der Waals surface area contributed by atoms with Crippen molar-refractivity contribution in [3.8, 4) is 0 Å². The second-order valence-corrected chi connectivity index (χ2v) is 7.33. The fourth-order valence-electron chi connectivity index (χ4n) is 4.24. The van der Waals surface area contributed by atoms with Gasteiger partial charge in [0.25, 0.3) is 0 Å². The van der Waals surface area contributed by atoms with Crippen molar-refractivity contribution in [1.29, 1.82) is 0 Å². The first kappa shape index (κ1) is 17.4. The highest BCUT2D eigenvalue weighted by Gasteiger charge is 2.46. The second-order valence-electron chi connectivity index (χ2n) is 7.33. The van der Waals surface area contributed by atoms with Crippen LogP contribution in [0, 0.1) is 0 Å². The van der Waals surface area contributed by atoms with Gasteiger partial charge < -0.3 is 0 Å². The van der Waals surface area contributed by atoms with Crippen molar-refractivity contribution in [2.75, 3.05) is 5.01 Å². The lowest BCUT2D eigenvalue weighted by Crippen LogP contribution is -2.41. The largest absolute Gasteiger partial charge is 0.250 e. The van der Waals surface area contributed by atoms with Gasteiger partial charge in [-0.25, -0.2) is 5.01 Å². The van der Waals surface area contributed by atoms with Gasteiger partial charge in [0, 0.05) is 6.42 Å². The minimum Gasteiger partial charge on any atom is -0.250 e. The Morgan fingerprint density at radius 3 is 1.52 bits per heavy atom. The molecular formula is C27H22N2. The number of benzene rings is 4. The lowest BCUT2D eigenvalue weighted by molar-refractivity contribution is 0.534. The van der Waals surface area contributed by atoms with Gasteiger partial charge in [-0.15, -0.1) is 0 Å². The van der Waals surface area contributed by atoms with Crippen molar-refractivity contribution in [2.45, 2.75) is 12.0 Å². The zero-order valence-corrected chi connectivity index (χ0v) is 16.1. The van der Waals surface area contributed by atoms with Gasteiger partial charge in [0.1, 0.15) is 5.54 Å². The molecule has 0 bridgehead atoms. The number of para-hydroxylation sites is 1. The Morgan fingerprint density at radius 1 is 0.552 bits per heavy atom. The number of anilines is 1. The Morgan fingerprint density at radius 2 is 1.00 bits per heavy atom. The SMILES string of the molecule is c1ccc(C2=NN(c3ccccc3)C(c3ccccc3)(c3ccccc3)C2)cc1. The highest BCUT2D eigenvalue weighted by molar-refractivity contribution is 6.04. The summed E-state index contributed by atoms with van der Waals surface area (Å²) in [6.45, 7) is 0. The third-order valence-electron chi connectivity index (χ3n) is 5.62. The van der Waals surface area contributed by atoms with Crippen LogP contribution in [-0.4, -0.2) is 5.71 Å². The van der Waals surface area contributed by atoms with Crippen LogP contribution in [-0.2, 0) is 5.54 Å². The zero-order valence-electron chi connectivity index (χ0n) is 16.1. The van der Waals surface area contributed by atoms with Crippen molar-refractivity contribution in [3.05, 3.63) is 138 Å². The number of hydrogen-bond donors (Lipinski definition) is 0. The number of rotatable bonds is 4. The summed E-state index contributed by atoms with van der Waals surface area (Å²) in [6.07, 6.45) is 0.805. The molecule has 0 fully saturated rings. The summed E-state index contributed by atoms with van der Waals surface area (Å²) >= 11 is 0. The van der Waals surface area contributed by atoms with Gasteiger partial charge in [0.15, 0.2) is 0 Å². The van der Waals surface area contributed by atoms with Crippen LogP contribution in [0.5, 0.6) is 0 Å². The molecule has 0 atom stereocenters. The van der Waals surface area contributed by atoms with Crippen LogP contribution < -0.4 is 5.01 Å². The van der Waals surface area contributed by atoms with E-state index >= 15 is 0 Å². The minimum absolute atomic E-state index is 0.394. The van der Waals surface area contributed by atoms with E-state index in [1.807, 2.05) is 6.07 Å². The second kappa shape index (κ2) is 7.40. The molecule has 1 aliphatic heterocycles. The molecule has 29 heavy (non-hydrogen) atoms. The maximum Gasteiger partial charge on any atom is 0.119 e. The van der Waals surface area contributed by atoms with Crippen LogP contribution in [0.3, 0.4) is 0 Å². The maximum absolute atomic E-state index is 5.18. The Labute approximate surface area is 171 Å². The van der Waals surface area contributed by atoms with Crippen LogP contribution >= 0.6 is 0 Å². The maximum atomic E-state index is 5.18. The first-order valence-electron chi connectivity index (χ1n) is 9.97. The smallest absolute Gasteiger partial charge is 0.119 e. The summed E-state index contributed by atoms with van der Waals surface area (Å²) in [5, 5.41) is 7.39. The summed E-state index contributed by atoms with van der Waals surface area (Å²) in [6, 6.07) is 42.4. The number of hydrogen-bond acceptors (Lipinski definition) is 2. The first-order valence-corrected chi connectivity index (χ1v) is 9.97.